The lowest BCUT2D eigenvalue weighted by Crippen LogP contribution is -2.43. The largest absolute Gasteiger partial charge is 0.397 e. The van der Waals surface area contributed by atoms with E-state index in [9.17, 15) is 4.79 Å². The predicted molar refractivity (Wildman–Crippen MR) is 67.3 cm³/mol. The van der Waals surface area contributed by atoms with Crippen molar-refractivity contribution in [3.05, 3.63) is 23.2 Å². The summed E-state index contributed by atoms with van der Waals surface area (Å²) in [5.74, 6) is 0. The van der Waals surface area contributed by atoms with Gasteiger partial charge in [0.25, 0.3) is 0 Å². The maximum atomic E-state index is 11.9. The number of ether oxygens (including phenoxy) is 1. The molecule has 1 aromatic rings. The molecular formula is C11H14ClN3O2. The SMILES string of the molecule is Nc1cccc(Cl)c1NC(=O)N1CCOCC1. The summed E-state index contributed by atoms with van der Waals surface area (Å²) in [5, 5.41) is 3.16. The minimum atomic E-state index is -0.201. The van der Waals surface area contributed by atoms with E-state index in [1.165, 1.54) is 0 Å². The van der Waals surface area contributed by atoms with Gasteiger partial charge in [-0.1, -0.05) is 17.7 Å². The molecule has 2 rings (SSSR count). The monoisotopic (exact) mass is 255 g/mol. The molecule has 6 heteroatoms. The number of nitrogens with two attached hydrogens (primary N) is 1. The van der Waals surface area contributed by atoms with Gasteiger partial charge in [0.1, 0.15) is 0 Å². The molecule has 1 fully saturated rings. The van der Waals surface area contributed by atoms with Crippen LogP contribution >= 0.6 is 11.6 Å². The van der Waals surface area contributed by atoms with Crippen LogP contribution in [0.4, 0.5) is 16.2 Å². The quantitative estimate of drug-likeness (QED) is 0.752. The Morgan fingerprint density at radius 3 is 2.76 bits per heavy atom. The van der Waals surface area contributed by atoms with Crippen molar-refractivity contribution in [3.63, 3.8) is 0 Å². The standard InChI is InChI=1S/C11H14ClN3O2/c12-8-2-1-3-9(13)10(8)14-11(16)15-4-6-17-7-5-15/h1-3H,4-7,13H2,(H,14,16). The van der Waals surface area contributed by atoms with E-state index in [1.54, 1.807) is 23.1 Å². The number of amides is 2. The van der Waals surface area contributed by atoms with Crippen LogP contribution in [0.2, 0.25) is 5.02 Å². The summed E-state index contributed by atoms with van der Waals surface area (Å²) in [6.07, 6.45) is 0. The molecule has 0 atom stereocenters. The molecule has 17 heavy (non-hydrogen) atoms. The predicted octanol–water partition coefficient (Wildman–Crippen LogP) is 1.79. The van der Waals surface area contributed by atoms with E-state index in [0.29, 0.717) is 42.7 Å². The van der Waals surface area contributed by atoms with E-state index >= 15 is 0 Å². The number of rotatable bonds is 1. The molecule has 0 saturated carbocycles. The van der Waals surface area contributed by atoms with Gasteiger partial charge in [0.05, 0.1) is 29.6 Å². The van der Waals surface area contributed by atoms with E-state index in [4.69, 9.17) is 22.1 Å². The minimum Gasteiger partial charge on any atom is -0.397 e. The van der Waals surface area contributed by atoms with Crippen LogP contribution < -0.4 is 11.1 Å². The number of carbonyl (C=O) groups excluding carboxylic acids is 1. The molecule has 0 bridgehead atoms. The number of benzene rings is 1. The first-order chi connectivity index (χ1) is 8.18. The van der Waals surface area contributed by atoms with Gasteiger partial charge in [0, 0.05) is 13.1 Å². The van der Waals surface area contributed by atoms with Crippen LogP contribution in [0, 0.1) is 0 Å². The molecule has 5 nitrogen and oxygen atoms in total. The lowest BCUT2D eigenvalue weighted by molar-refractivity contribution is 0.0564. The number of anilines is 2. The molecule has 1 aliphatic rings. The Morgan fingerprint density at radius 1 is 1.41 bits per heavy atom. The first-order valence-electron chi connectivity index (χ1n) is 5.36. The Bertz CT molecular complexity index is 399. The number of carbonyl (C=O) groups is 1. The Balaban J connectivity index is 2.07. The molecule has 2 amide bonds. The van der Waals surface area contributed by atoms with Gasteiger partial charge in [-0.2, -0.15) is 0 Å². The lowest BCUT2D eigenvalue weighted by Gasteiger charge is -2.27. The second-order valence-electron chi connectivity index (χ2n) is 3.73. The van der Waals surface area contributed by atoms with Gasteiger partial charge in [-0.05, 0) is 12.1 Å². The van der Waals surface area contributed by atoms with Crippen LogP contribution in [0.1, 0.15) is 0 Å². The fraction of sp³-hybridized carbons (Fsp3) is 0.364. The zero-order valence-corrected chi connectivity index (χ0v) is 10.0. The van der Waals surface area contributed by atoms with Gasteiger partial charge in [0.2, 0.25) is 0 Å². The van der Waals surface area contributed by atoms with Gasteiger partial charge in [-0.25, -0.2) is 4.79 Å². The van der Waals surface area contributed by atoms with E-state index in [0.717, 1.165) is 0 Å². The van der Waals surface area contributed by atoms with Crippen molar-refractivity contribution in [2.75, 3.05) is 37.4 Å². The van der Waals surface area contributed by atoms with Crippen molar-refractivity contribution in [2.24, 2.45) is 0 Å². The van der Waals surface area contributed by atoms with Crippen molar-refractivity contribution < 1.29 is 9.53 Å². The van der Waals surface area contributed by atoms with Crippen LogP contribution in [0.5, 0.6) is 0 Å². The summed E-state index contributed by atoms with van der Waals surface area (Å²) in [7, 11) is 0. The Kier molecular flexibility index (Phi) is 3.71. The maximum absolute atomic E-state index is 11.9. The second kappa shape index (κ2) is 5.25. The minimum absolute atomic E-state index is 0.201. The number of hydrogen-bond donors (Lipinski definition) is 2. The highest BCUT2D eigenvalue weighted by atomic mass is 35.5. The number of para-hydroxylation sites is 1. The summed E-state index contributed by atoms with van der Waals surface area (Å²) >= 11 is 5.97. The summed E-state index contributed by atoms with van der Waals surface area (Å²) in [5.41, 5.74) is 6.68. The number of hydrogen-bond acceptors (Lipinski definition) is 3. The average molecular weight is 256 g/mol. The zero-order valence-electron chi connectivity index (χ0n) is 9.28. The number of halogens is 1. The van der Waals surface area contributed by atoms with Crippen molar-refractivity contribution in [1.29, 1.82) is 0 Å². The molecule has 92 valence electrons. The normalized spacial score (nSPS) is 15.7. The van der Waals surface area contributed by atoms with Crippen molar-refractivity contribution in [3.8, 4) is 0 Å². The number of urea groups is 1. The average Bonchev–Trinajstić information content (AvgIpc) is 2.35. The van der Waals surface area contributed by atoms with Gasteiger partial charge in [-0.3, -0.25) is 0 Å². The van der Waals surface area contributed by atoms with Crippen molar-refractivity contribution in [2.45, 2.75) is 0 Å². The van der Waals surface area contributed by atoms with E-state index in [-0.39, 0.29) is 6.03 Å². The zero-order chi connectivity index (χ0) is 12.3. The molecule has 0 unspecified atom stereocenters. The van der Waals surface area contributed by atoms with Crippen LogP contribution in [-0.2, 0) is 4.74 Å². The van der Waals surface area contributed by atoms with Crippen LogP contribution in [0.15, 0.2) is 18.2 Å². The molecule has 1 aromatic carbocycles. The molecule has 0 aliphatic carbocycles. The highest BCUT2D eigenvalue weighted by Crippen LogP contribution is 2.28. The molecule has 1 aliphatic heterocycles. The smallest absolute Gasteiger partial charge is 0.322 e. The van der Waals surface area contributed by atoms with Crippen LogP contribution in [0.25, 0.3) is 0 Å². The Labute approximate surface area is 104 Å². The maximum Gasteiger partial charge on any atom is 0.322 e. The van der Waals surface area contributed by atoms with Crippen LogP contribution in [-0.4, -0.2) is 37.2 Å². The first kappa shape index (κ1) is 12.0. The fourth-order valence-corrected chi connectivity index (χ4v) is 1.85. The van der Waals surface area contributed by atoms with Gasteiger partial charge in [0.15, 0.2) is 0 Å². The number of nitrogen functional groups attached to an aromatic ring is 1. The first-order valence-corrected chi connectivity index (χ1v) is 5.74. The van der Waals surface area contributed by atoms with Crippen molar-refractivity contribution in [1.82, 2.24) is 4.90 Å². The van der Waals surface area contributed by atoms with Gasteiger partial charge in [-0.15, -0.1) is 0 Å². The summed E-state index contributed by atoms with van der Waals surface area (Å²) in [6.45, 7) is 2.28. The van der Waals surface area contributed by atoms with Crippen molar-refractivity contribution >= 4 is 29.0 Å². The number of nitrogens with one attached hydrogen (secondary N) is 1. The van der Waals surface area contributed by atoms with E-state index < -0.39 is 0 Å². The summed E-state index contributed by atoms with van der Waals surface area (Å²) in [4.78, 5) is 13.6. The molecule has 1 heterocycles. The molecule has 1 saturated heterocycles. The molecule has 0 spiro atoms. The Hall–Kier alpha value is -1.46. The highest BCUT2D eigenvalue weighted by molar-refractivity contribution is 6.34. The fourth-order valence-electron chi connectivity index (χ4n) is 1.63. The Morgan fingerprint density at radius 2 is 2.12 bits per heavy atom. The van der Waals surface area contributed by atoms with Crippen LogP contribution in [0.3, 0.4) is 0 Å². The third-order valence-corrected chi connectivity index (χ3v) is 2.89. The third-order valence-electron chi connectivity index (χ3n) is 2.58. The van der Waals surface area contributed by atoms with E-state index in [1.807, 2.05) is 0 Å². The second-order valence-corrected chi connectivity index (χ2v) is 4.14. The lowest BCUT2D eigenvalue weighted by atomic mass is 10.2. The molecule has 0 aromatic heterocycles. The molecule has 3 N–H and O–H groups in total. The number of morpholine rings is 1. The number of nitrogens with zero attached hydrogens (tertiary/aromatic N) is 1. The molecular weight excluding hydrogens is 242 g/mol. The topological polar surface area (TPSA) is 67.6 Å². The van der Waals surface area contributed by atoms with Gasteiger partial charge < -0.3 is 20.7 Å². The molecule has 0 radical (unpaired) electrons. The highest BCUT2D eigenvalue weighted by Gasteiger charge is 2.18. The van der Waals surface area contributed by atoms with Gasteiger partial charge >= 0.3 is 6.03 Å². The van der Waals surface area contributed by atoms with E-state index in [2.05, 4.69) is 5.32 Å². The summed E-state index contributed by atoms with van der Waals surface area (Å²) in [6, 6.07) is 4.92. The summed E-state index contributed by atoms with van der Waals surface area (Å²) < 4.78 is 5.18. The third kappa shape index (κ3) is 2.81.